The second kappa shape index (κ2) is 4.36. The summed E-state index contributed by atoms with van der Waals surface area (Å²) in [6, 6.07) is 8.36. The molecule has 82 valence electrons. The van der Waals surface area contributed by atoms with Crippen LogP contribution in [0.15, 0.2) is 24.3 Å². The summed E-state index contributed by atoms with van der Waals surface area (Å²) in [6.45, 7) is 2.08. The van der Waals surface area contributed by atoms with E-state index in [2.05, 4.69) is 31.2 Å². The Hall–Kier alpha value is -0.820. The summed E-state index contributed by atoms with van der Waals surface area (Å²) in [5.74, 6) is 0. The molecular weight excluding hydrogens is 184 g/mol. The van der Waals surface area contributed by atoms with Crippen LogP contribution in [0.5, 0.6) is 0 Å². The van der Waals surface area contributed by atoms with E-state index in [0.29, 0.717) is 0 Å². The molecule has 0 aliphatic heterocycles. The normalized spacial score (nSPS) is 20.9. The van der Waals surface area contributed by atoms with Crippen molar-refractivity contribution >= 4 is 0 Å². The first kappa shape index (κ1) is 10.7. The third kappa shape index (κ3) is 2.40. The van der Waals surface area contributed by atoms with Crippen LogP contribution in [0.4, 0.5) is 0 Å². The maximum atomic E-state index is 10.6. The van der Waals surface area contributed by atoms with Crippen molar-refractivity contribution in [2.75, 3.05) is 0 Å². The lowest BCUT2D eigenvalue weighted by molar-refractivity contribution is 0.0207. The van der Waals surface area contributed by atoms with Crippen LogP contribution >= 0.6 is 0 Å². The van der Waals surface area contributed by atoms with Gasteiger partial charge in [0.2, 0.25) is 0 Å². The zero-order chi connectivity index (χ0) is 10.7. The van der Waals surface area contributed by atoms with Gasteiger partial charge in [0.25, 0.3) is 0 Å². The maximum absolute atomic E-state index is 10.6. The average Bonchev–Trinajstić information content (AvgIpc) is 2.45. The van der Waals surface area contributed by atoms with Crippen molar-refractivity contribution < 1.29 is 5.11 Å². The van der Waals surface area contributed by atoms with E-state index < -0.39 is 5.60 Å². The fraction of sp³-hybridized carbons (Fsp3) is 0.571. The summed E-state index contributed by atoms with van der Waals surface area (Å²) in [5, 5.41) is 10.6. The minimum absolute atomic E-state index is 0.551. The molecule has 1 aromatic rings. The molecule has 1 heteroatoms. The van der Waals surface area contributed by atoms with Crippen molar-refractivity contribution in [3.05, 3.63) is 35.4 Å². The second-order valence-electron chi connectivity index (χ2n) is 4.81. The molecule has 1 aliphatic rings. The minimum atomic E-state index is -0.551. The van der Waals surface area contributed by atoms with E-state index >= 15 is 0 Å². The molecule has 1 N–H and O–H groups in total. The molecular formula is C14H20O. The Labute approximate surface area is 92.1 Å². The van der Waals surface area contributed by atoms with Crippen molar-refractivity contribution in [3.8, 4) is 0 Å². The molecule has 1 fully saturated rings. The molecule has 0 unspecified atom stereocenters. The largest absolute Gasteiger partial charge is 0.385 e. The van der Waals surface area contributed by atoms with Crippen LogP contribution < -0.4 is 0 Å². The topological polar surface area (TPSA) is 20.2 Å². The van der Waals surface area contributed by atoms with Gasteiger partial charge in [0, 0.05) is 0 Å². The molecule has 0 spiro atoms. The van der Waals surface area contributed by atoms with Crippen LogP contribution in [-0.4, -0.2) is 5.11 Å². The minimum Gasteiger partial charge on any atom is -0.385 e. The molecule has 2 rings (SSSR count). The summed E-state index contributed by atoms with van der Waals surface area (Å²) >= 11 is 0. The van der Waals surface area contributed by atoms with Gasteiger partial charge in [-0.2, -0.15) is 0 Å². The van der Waals surface area contributed by atoms with Crippen LogP contribution in [-0.2, 0) is 5.60 Å². The molecule has 0 atom stereocenters. The van der Waals surface area contributed by atoms with Gasteiger partial charge in [0.15, 0.2) is 0 Å². The number of rotatable bonds is 1. The number of hydrogen-bond acceptors (Lipinski definition) is 1. The molecule has 1 nitrogen and oxygen atoms in total. The SMILES string of the molecule is Cc1ccc(C2(O)CCCCCC2)cc1. The Morgan fingerprint density at radius 2 is 1.47 bits per heavy atom. The highest BCUT2D eigenvalue weighted by Gasteiger charge is 2.29. The van der Waals surface area contributed by atoms with Crippen molar-refractivity contribution in [2.45, 2.75) is 51.0 Å². The van der Waals surface area contributed by atoms with Gasteiger partial charge in [-0.15, -0.1) is 0 Å². The maximum Gasteiger partial charge on any atom is 0.0896 e. The lowest BCUT2D eigenvalue weighted by Crippen LogP contribution is -2.24. The first-order valence-electron chi connectivity index (χ1n) is 6.00. The Balaban J connectivity index is 2.22. The molecule has 0 saturated heterocycles. The third-order valence-electron chi connectivity index (χ3n) is 3.52. The number of hydrogen-bond donors (Lipinski definition) is 1. The van der Waals surface area contributed by atoms with E-state index in [1.165, 1.54) is 18.4 Å². The molecule has 0 heterocycles. The van der Waals surface area contributed by atoms with Crippen molar-refractivity contribution in [2.24, 2.45) is 0 Å². The molecule has 0 bridgehead atoms. The fourth-order valence-corrected chi connectivity index (χ4v) is 2.47. The predicted molar refractivity (Wildman–Crippen MR) is 62.8 cm³/mol. The summed E-state index contributed by atoms with van der Waals surface area (Å²) in [6.07, 6.45) is 6.71. The second-order valence-corrected chi connectivity index (χ2v) is 4.81. The van der Waals surface area contributed by atoms with Gasteiger partial charge < -0.3 is 5.11 Å². The lowest BCUT2D eigenvalue weighted by Gasteiger charge is -2.27. The van der Waals surface area contributed by atoms with Crippen LogP contribution in [0.1, 0.15) is 49.7 Å². The van der Waals surface area contributed by atoms with Crippen molar-refractivity contribution in [1.29, 1.82) is 0 Å². The van der Waals surface area contributed by atoms with E-state index in [-0.39, 0.29) is 0 Å². The van der Waals surface area contributed by atoms with E-state index in [1.807, 2.05) is 0 Å². The first-order chi connectivity index (χ1) is 7.21. The van der Waals surface area contributed by atoms with Gasteiger partial charge in [-0.1, -0.05) is 55.5 Å². The third-order valence-corrected chi connectivity index (χ3v) is 3.52. The summed E-state index contributed by atoms with van der Waals surface area (Å²) in [5.41, 5.74) is 1.82. The van der Waals surface area contributed by atoms with Gasteiger partial charge in [-0.3, -0.25) is 0 Å². The van der Waals surface area contributed by atoms with Gasteiger partial charge in [0.1, 0.15) is 0 Å². The summed E-state index contributed by atoms with van der Waals surface area (Å²) < 4.78 is 0. The highest BCUT2D eigenvalue weighted by atomic mass is 16.3. The summed E-state index contributed by atoms with van der Waals surface area (Å²) in [7, 11) is 0. The number of aliphatic hydroxyl groups is 1. The molecule has 0 aromatic heterocycles. The Morgan fingerprint density at radius 1 is 0.933 bits per heavy atom. The van der Waals surface area contributed by atoms with Gasteiger partial charge in [-0.25, -0.2) is 0 Å². The molecule has 1 aliphatic carbocycles. The van der Waals surface area contributed by atoms with Crippen LogP contribution in [0, 0.1) is 6.92 Å². The first-order valence-corrected chi connectivity index (χ1v) is 6.00. The Bertz CT molecular complexity index is 305. The quantitative estimate of drug-likeness (QED) is 0.694. The van der Waals surface area contributed by atoms with Gasteiger partial charge in [-0.05, 0) is 25.3 Å². The number of aryl methyl sites for hydroxylation is 1. The number of benzene rings is 1. The lowest BCUT2D eigenvalue weighted by atomic mass is 9.86. The van der Waals surface area contributed by atoms with E-state index in [1.54, 1.807) is 0 Å². The Morgan fingerprint density at radius 3 is 2.00 bits per heavy atom. The van der Waals surface area contributed by atoms with E-state index in [0.717, 1.165) is 31.2 Å². The molecule has 0 amide bonds. The molecule has 0 radical (unpaired) electrons. The highest BCUT2D eigenvalue weighted by molar-refractivity contribution is 5.26. The Kier molecular flexibility index (Phi) is 3.11. The van der Waals surface area contributed by atoms with E-state index in [4.69, 9.17) is 0 Å². The van der Waals surface area contributed by atoms with Gasteiger partial charge >= 0.3 is 0 Å². The molecule has 1 saturated carbocycles. The smallest absolute Gasteiger partial charge is 0.0896 e. The zero-order valence-corrected chi connectivity index (χ0v) is 9.50. The van der Waals surface area contributed by atoms with Gasteiger partial charge in [0.05, 0.1) is 5.60 Å². The van der Waals surface area contributed by atoms with Crippen molar-refractivity contribution in [1.82, 2.24) is 0 Å². The molecule has 15 heavy (non-hydrogen) atoms. The van der Waals surface area contributed by atoms with Crippen molar-refractivity contribution in [3.63, 3.8) is 0 Å². The standard InChI is InChI=1S/C14H20O/c1-12-6-8-13(9-7-12)14(15)10-4-2-3-5-11-14/h6-9,15H,2-5,10-11H2,1H3. The average molecular weight is 204 g/mol. The zero-order valence-electron chi connectivity index (χ0n) is 9.50. The van der Waals surface area contributed by atoms with Crippen LogP contribution in [0.2, 0.25) is 0 Å². The fourth-order valence-electron chi connectivity index (χ4n) is 2.47. The molecule has 1 aromatic carbocycles. The van der Waals surface area contributed by atoms with Crippen LogP contribution in [0.25, 0.3) is 0 Å². The monoisotopic (exact) mass is 204 g/mol. The van der Waals surface area contributed by atoms with E-state index in [9.17, 15) is 5.11 Å². The predicted octanol–water partition coefficient (Wildman–Crippen LogP) is 3.54. The highest BCUT2D eigenvalue weighted by Crippen LogP contribution is 2.35. The summed E-state index contributed by atoms with van der Waals surface area (Å²) in [4.78, 5) is 0. The van der Waals surface area contributed by atoms with Crippen LogP contribution in [0.3, 0.4) is 0 Å².